The van der Waals surface area contributed by atoms with E-state index in [2.05, 4.69) is 5.32 Å². The summed E-state index contributed by atoms with van der Waals surface area (Å²) in [6.45, 7) is 1.41. The minimum atomic E-state index is -0.674. The van der Waals surface area contributed by atoms with Crippen LogP contribution in [-0.4, -0.2) is 16.6 Å². The zero-order valence-corrected chi connectivity index (χ0v) is 12.3. The Morgan fingerprint density at radius 1 is 1.18 bits per heavy atom. The normalized spacial score (nSPS) is 10.1. The smallest absolute Gasteiger partial charge is 0.283 e. The van der Waals surface area contributed by atoms with Crippen molar-refractivity contribution in [1.29, 1.82) is 0 Å². The van der Waals surface area contributed by atoms with Crippen molar-refractivity contribution in [2.24, 2.45) is 0 Å². The minimum Gasteiger partial charge on any atom is -0.322 e. The highest BCUT2D eigenvalue weighted by Gasteiger charge is 2.20. The fourth-order valence-corrected chi connectivity index (χ4v) is 2.03. The molecule has 0 aliphatic heterocycles. The summed E-state index contributed by atoms with van der Waals surface area (Å²) in [5.74, 6) is -0.794. The first-order valence-corrected chi connectivity index (χ1v) is 6.62. The molecule has 6 nitrogen and oxygen atoms in total. The highest BCUT2D eigenvalue weighted by atomic mass is 35.5. The Bertz CT molecular complexity index is 774. The van der Waals surface area contributed by atoms with E-state index >= 15 is 0 Å². The van der Waals surface area contributed by atoms with Crippen LogP contribution in [0.3, 0.4) is 0 Å². The molecule has 0 saturated heterocycles. The van der Waals surface area contributed by atoms with Crippen LogP contribution in [-0.2, 0) is 0 Å². The van der Waals surface area contributed by atoms with E-state index in [0.29, 0.717) is 11.3 Å². The van der Waals surface area contributed by atoms with E-state index in [-0.39, 0.29) is 22.1 Å². The van der Waals surface area contributed by atoms with Gasteiger partial charge in [-0.25, -0.2) is 0 Å². The highest BCUT2D eigenvalue weighted by molar-refractivity contribution is 6.31. The van der Waals surface area contributed by atoms with Crippen molar-refractivity contribution in [2.75, 3.05) is 5.32 Å². The quantitative estimate of drug-likeness (QED) is 0.528. The summed E-state index contributed by atoms with van der Waals surface area (Å²) in [7, 11) is 0. The van der Waals surface area contributed by atoms with Gasteiger partial charge in [-0.1, -0.05) is 23.7 Å². The number of nitrogens with one attached hydrogen (secondary N) is 1. The maximum atomic E-state index is 12.2. The standard InChI is InChI=1S/C15H11ClN2O4/c1-9(19)10-3-2-4-12(7-10)17-15(20)13-6-5-11(16)8-14(13)18(21)22/h2-8H,1H3,(H,17,20). The van der Waals surface area contributed by atoms with Gasteiger partial charge in [0, 0.05) is 22.3 Å². The van der Waals surface area contributed by atoms with Gasteiger partial charge in [0.05, 0.1) is 4.92 Å². The van der Waals surface area contributed by atoms with E-state index in [9.17, 15) is 19.7 Å². The lowest BCUT2D eigenvalue weighted by Crippen LogP contribution is -2.14. The van der Waals surface area contributed by atoms with E-state index in [1.165, 1.54) is 25.1 Å². The molecule has 0 unspecified atom stereocenters. The monoisotopic (exact) mass is 318 g/mol. The average molecular weight is 319 g/mol. The van der Waals surface area contributed by atoms with Crippen molar-refractivity contribution in [2.45, 2.75) is 6.92 Å². The Hall–Kier alpha value is -2.73. The van der Waals surface area contributed by atoms with Gasteiger partial charge in [-0.15, -0.1) is 0 Å². The first-order chi connectivity index (χ1) is 10.4. The molecule has 7 heteroatoms. The molecule has 0 aliphatic rings. The molecule has 0 bridgehead atoms. The van der Waals surface area contributed by atoms with Gasteiger partial charge in [-0.2, -0.15) is 0 Å². The van der Waals surface area contributed by atoms with Gasteiger partial charge in [-0.05, 0) is 31.2 Å². The second kappa shape index (κ2) is 6.36. The van der Waals surface area contributed by atoms with Gasteiger partial charge in [-0.3, -0.25) is 19.7 Å². The largest absolute Gasteiger partial charge is 0.322 e. The topological polar surface area (TPSA) is 89.3 Å². The molecule has 0 radical (unpaired) electrons. The SMILES string of the molecule is CC(=O)c1cccc(NC(=O)c2ccc(Cl)cc2[N+](=O)[O-])c1. The van der Waals surface area contributed by atoms with Gasteiger partial charge in [0.15, 0.2) is 5.78 Å². The fourth-order valence-electron chi connectivity index (χ4n) is 1.86. The first kappa shape index (κ1) is 15.7. The molecular formula is C15H11ClN2O4. The van der Waals surface area contributed by atoms with Crippen LogP contribution in [0.25, 0.3) is 0 Å². The van der Waals surface area contributed by atoms with Crippen molar-refractivity contribution in [3.8, 4) is 0 Å². The van der Waals surface area contributed by atoms with Crippen LogP contribution < -0.4 is 5.32 Å². The van der Waals surface area contributed by atoms with Crippen molar-refractivity contribution in [3.05, 3.63) is 68.7 Å². The van der Waals surface area contributed by atoms with Crippen LogP contribution in [0.1, 0.15) is 27.6 Å². The maximum absolute atomic E-state index is 12.2. The Morgan fingerprint density at radius 2 is 1.91 bits per heavy atom. The molecular weight excluding hydrogens is 308 g/mol. The van der Waals surface area contributed by atoms with Crippen LogP contribution >= 0.6 is 11.6 Å². The third-order valence-corrected chi connectivity index (χ3v) is 3.16. The van der Waals surface area contributed by atoms with Gasteiger partial charge < -0.3 is 5.32 Å². The van der Waals surface area contributed by atoms with E-state index in [1.807, 2.05) is 0 Å². The van der Waals surface area contributed by atoms with E-state index < -0.39 is 10.8 Å². The lowest BCUT2D eigenvalue weighted by Gasteiger charge is -2.07. The summed E-state index contributed by atoms with van der Waals surface area (Å²) in [5.41, 5.74) is 0.320. The predicted molar refractivity (Wildman–Crippen MR) is 82.5 cm³/mol. The number of hydrogen-bond acceptors (Lipinski definition) is 4. The molecule has 0 atom stereocenters. The molecule has 0 aromatic heterocycles. The molecule has 0 fully saturated rings. The van der Waals surface area contributed by atoms with Crippen molar-refractivity contribution >= 4 is 34.7 Å². The zero-order chi connectivity index (χ0) is 16.3. The van der Waals surface area contributed by atoms with E-state index in [1.54, 1.807) is 18.2 Å². The number of anilines is 1. The number of hydrogen-bond donors (Lipinski definition) is 1. The van der Waals surface area contributed by atoms with E-state index in [4.69, 9.17) is 11.6 Å². The number of nitro groups is 1. The van der Waals surface area contributed by atoms with Crippen molar-refractivity contribution < 1.29 is 14.5 Å². The fraction of sp³-hybridized carbons (Fsp3) is 0.0667. The summed E-state index contributed by atoms with van der Waals surface area (Å²) in [6, 6.07) is 10.1. The molecule has 0 heterocycles. The third-order valence-electron chi connectivity index (χ3n) is 2.93. The Balaban J connectivity index is 2.32. The maximum Gasteiger partial charge on any atom is 0.283 e. The lowest BCUT2D eigenvalue weighted by molar-refractivity contribution is -0.385. The summed E-state index contributed by atoms with van der Waals surface area (Å²) in [5, 5.41) is 13.7. The third kappa shape index (κ3) is 3.48. The van der Waals surface area contributed by atoms with Gasteiger partial charge in [0.2, 0.25) is 0 Å². The second-order valence-electron chi connectivity index (χ2n) is 4.51. The molecule has 2 aromatic rings. The van der Waals surface area contributed by atoms with Crippen LogP contribution in [0, 0.1) is 10.1 Å². The molecule has 2 rings (SSSR count). The summed E-state index contributed by atoms with van der Waals surface area (Å²) >= 11 is 5.71. The first-order valence-electron chi connectivity index (χ1n) is 6.25. The number of carbonyl (C=O) groups excluding carboxylic acids is 2. The molecule has 1 amide bonds. The molecule has 22 heavy (non-hydrogen) atoms. The van der Waals surface area contributed by atoms with Crippen molar-refractivity contribution in [1.82, 2.24) is 0 Å². The minimum absolute atomic E-state index is 0.109. The number of nitrogens with zero attached hydrogens (tertiary/aromatic N) is 1. The average Bonchev–Trinajstić information content (AvgIpc) is 2.47. The predicted octanol–water partition coefficient (Wildman–Crippen LogP) is 3.70. The zero-order valence-electron chi connectivity index (χ0n) is 11.5. The van der Waals surface area contributed by atoms with Crippen molar-refractivity contribution in [3.63, 3.8) is 0 Å². The van der Waals surface area contributed by atoms with E-state index in [0.717, 1.165) is 6.07 Å². The number of rotatable bonds is 4. The number of benzene rings is 2. The number of nitro benzene ring substituents is 1. The molecule has 2 aromatic carbocycles. The number of carbonyl (C=O) groups is 2. The van der Waals surface area contributed by atoms with Gasteiger partial charge in [0.25, 0.3) is 11.6 Å². The number of Topliss-reactive ketones (excluding diaryl/α,β-unsaturated/α-hetero) is 1. The summed E-state index contributed by atoms with van der Waals surface area (Å²) < 4.78 is 0. The second-order valence-corrected chi connectivity index (χ2v) is 4.95. The Kier molecular flexibility index (Phi) is 4.53. The van der Waals surface area contributed by atoms with Crippen LogP contribution in [0.2, 0.25) is 5.02 Å². The molecule has 112 valence electrons. The van der Waals surface area contributed by atoms with Gasteiger partial charge in [0.1, 0.15) is 5.56 Å². The molecule has 0 spiro atoms. The van der Waals surface area contributed by atoms with Gasteiger partial charge >= 0.3 is 0 Å². The van der Waals surface area contributed by atoms with Crippen LogP contribution in [0.4, 0.5) is 11.4 Å². The summed E-state index contributed by atoms with van der Waals surface area (Å²) in [4.78, 5) is 33.8. The lowest BCUT2D eigenvalue weighted by atomic mass is 10.1. The number of halogens is 1. The summed E-state index contributed by atoms with van der Waals surface area (Å²) in [6.07, 6.45) is 0. The number of amides is 1. The van der Waals surface area contributed by atoms with Crippen LogP contribution in [0.5, 0.6) is 0 Å². The molecule has 0 aliphatic carbocycles. The highest BCUT2D eigenvalue weighted by Crippen LogP contribution is 2.24. The molecule has 0 saturated carbocycles. The van der Waals surface area contributed by atoms with Crippen LogP contribution in [0.15, 0.2) is 42.5 Å². The Labute approximate surface area is 130 Å². The number of ketones is 1. The molecule has 1 N–H and O–H groups in total. The Morgan fingerprint density at radius 3 is 2.55 bits per heavy atom.